The van der Waals surface area contributed by atoms with Crippen LogP contribution in [0.3, 0.4) is 0 Å². The zero-order valence-corrected chi connectivity index (χ0v) is 8.62. The number of nitrogen functional groups attached to an aromatic ring is 1. The van der Waals surface area contributed by atoms with Crippen molar-refractivity contribution >= 4 is 23.0 Å². The van der Waals surface area contributed by atoms with Crippen LogP contribution in [-0.2, 0) is 11.3 Å². The highest BCUT2D eigenvalue weighted by atomic mass is 16.3. The van der Waals surface area contributed by atoms with Crippen LogP contribution in [0.25, 0.3) is 11.2 Å². The van der Waals surface area contributed by atoms with Gasteiger partial charge in [-0.25, -0.2) is 4.98 Å². The number of fused-ring (bicyclic) bond motifs is 1. The number of aromatic nitrogens is 4. The SMILES string of the molecule is NC(=O)[C@H](O)Cn1cnc2nc(N)[nH]c(=O)c21. The van der Waals surface area contributed by atoms with Gasteiger partial charge >= 0.3 is 0 Å². The summed E-state index contributed by atoms with van der Waals surface area (Å²) in [4.78, 5) is 32.3. The van der Waals surface area contributed by atoms with Crippen LogP contribution in [0.15, 0.2) is 11.1 Å². The number of aliphatic hydroxyl groups excluding tert-OH is 1. The molecular formula is C8H10N6O3. The van der Waals surface area contributed by atoms with E-state index in [1.54, 1.807) is 0 Å². The Labute approximate surface area is 94.1 Å². The normalized spacial score (nSPS) is 12.8. The van der Waals surface area contributed by atoms with Gasteiger partial charge in [-0.15, -0.1) is 0 Å². The van der Waals surface area contributed by atoms with Gasteiger partial charge in [-0.3, -0.25) is 14.6 Å². The fourth-order valence-corrected chi connectivity index (χ4v) is 1.42. The van der Waals surface area contributed by atoms with Gasteiger partial charge in [-0.05, 0) is 0 Å². The van der Waals surface area contributed by atoms with E-state index in [2.05, 4.69) is 15.0 Å². The Morgan fingerprint density at radius 3 is 3.00 bits per heavy atom. The van der Waals surface area contributed by atoms with E-state index in [4.69, 9.17) is 11.5 Å². The van der Waals surface area contributed by atoms with Gasteiger partial charge in [-0.2, -0.15) is 4.98 Å². The number of carbonyl (C=O) groups excluding carboxylic acids is 1. The highest BCUT2D eigenvalue weighted by molar-refractivity contribution is 5.79. The third-order valence-electron chi connectivity index (χ3n) is 2.20. The average Bonchev–Trinajstić information content (AvgIpc) is 2.60. The third-order valence-corrected chi connectivity index (χ3v) is 2.20. The molecule has 0 spiro atoms. The molecule has 0 aromatic carbocycles. The van der Waals surface area contributed by atoms with Gasteiger partial charge in [0.2, 0.25) is 11.9 Å². The minimum atomic E-state index is -1.40. The van der Waals surface area contributed by atoms with Crippen LogP contribution in [0, 0.1) is 0 Å². The van der Waals surface area contributed by atoms with Crippen LogP contribution < -0.4 is 17.0 Å². The number of nitrogens with zero attached hydrogens (tertiary/aromatic N) is 3. The maximum Gasteiger partial charge on any atom is 0.278 e. The lowest BCUT2D eigenvalue weighted by Crippen LogP contribution is -2.32. The number of hydrogen-bond acceptors (Lipinski definition) is 6. The summed E-state index contributed by atoms with van der Waals surface area (Å²) in [5, 5.41) is 9.32. The molecule has 1 amide bonds. The molecule has 0 fully saturated rings. The monoisotopic (exact) mass is 238 g/mol. The summed E-state index contributed by atoms with van der Waals surface area (Å²) in [6.45, 7) is -0.166. The molecule has 0 aliphatic carbocycles. The maximum atomic E-state index is 11.6. The highest BCUT2D eigenvalue weighted by Crippen LogP contribution is 2.06. The smallest absolute Gasteiger partial charge is 0.278 e. The van der Waals surface area contributed by atoms with Gasteiger partial charge in [0.15, 0.2) is 11.2 Å². The lowest BCUT2D eigenvalue weighted by Gasteiger charge is -2.07. The fourth-order valence-electron chi connectivity index (χ4n) is 1.42. The van der Waals surface area contributed by atoms with Gasteiger partial charge in [0.25, 0.3) is 5.56 Å². The molecule has 9 nitrogen and oxygen atoms in total. The highest BCUT2D eigenvalue weighted by Gasteiger charge is 2.15. The van der Waals surface area contributed by atoms with Gasteiger partial charge in [0, 0.05) is 0 Å². The number of carbonyl (C=O) groups is 1. The summed E-state index contributed by atoms with van der Waals surface area (Å²) < 4.78 is 1.29. The van der Waals surface area contributed by atoms with E-state index in [0.29, 0.717) is 0 Å². The summed E-state index contributed by atoms with van der Waals surface area (Å²) in [5.74, 6) is -0.935. The van der Waals surface area contributed by atoms with E-state index >= 15 is 0 Å². The quantitative estimate of drug-likeness (QED) is 0.465. The van der Waals surface area contributed by atoms with Crippen LogP contribution in [0.4, 0.5) is 5.95 Å². The van der Waals surface area contributed by atoms with Crippen molar-refractivity contribution in [2.45, 2.75) is 12.6 Å². The van der Waals surface area contributed by atoms with Crippen molar-refractivity contribution in [3.8, 4) is 0 Å². The Bertz CT molecular complexity index is 630. The number of amides is 1. The molecule has 0 saturated heterocycles. The average molecular weight is 238 g/mol. The summed E-state index contributed by atoms with van der Waals surface area (Å²) >= 11 is 0. The van der Waals surface area contributed by atoms with Crippen molar-refractivity contribution in [1.29, 1.82) is 0 Å². The summed E-state index contributed by atoms with van der Waals surface area (Å²) in [5.41, 5.74) is 10.0. The van der Waals surface area contributed by atoms with Gasteiger partial charge in [0.1, 0.15) is 6.10 Å². The van der Waals surface area contributed by atoms with E-state index in [0.717, 1.165) is 0 Å². The molecule has 0 unspecified atom stereocenters. The molecular weight excluding hydrogens is 228 g/mol. The summed E-state index contributed by atoms with van der Waals surface area (Å²) in [6, 6.07) is 0. The third kappa shape index (κ3) is 1.95. The molecule has 2 aromatic heterocycles. The molecule has 0 aliphatic rings. The van der Waals surface area contributed by atoms with E-state index < -0.39 is 17.6 Å². The molecule has 17 heavy (non-hydrogen) atoms. The van der Waals surface area contributed by atoms with E-state index in [1.807, 2.05) is 0 Å². The van der Waals surface area contributed by atoms with Crippen molar-refractivity contribution in [2.75, 3.05) is 5.73 Å². The van der Waals surface area contributed by atoms with Crippen LogP contribution in [0.1, 0.15) is 0 Å². The maximum absolute atomic E-state index is 11.6. The van der Waals surface area contributed by atoms with Crippen LogP contribution in [-0.4, -0.2) is 36.6 Å². The van der Waals surface area contributed by atoms with Crippen molar-refractivity contribution in [2.24, 2.45) is 5.73 Å². The first-order valence-electron chi connectivity index (χ1n) is 4.67. The Morgan fingerprint density at radius 2 is 2.35 bits per heavy atom. The number of aliphatic hydroxyl groups is 1. The number of anilines is 1. The number of nitrogens with two attached hydrogens (primary N) is 2. The first-order valence-corrected chi connectivity index (χ1v) is 4.67. The Balaban J connectivity index is 2.50. The number of H-pyrrole nitrogens is 1. The minimum absolute atomic E-state index is 0.0526. The second kappa shape index (κ2) is 3.87. The fraction of sp³-hybridized carbons (Fsp3) is 0.250. The van der Waals surface area contributed by atoms with E-state index in [-0.39, 0.29) is 23.7 Å². The molecule has 0 saturated carbocycles. The molecule has 2 rings (SSSR count). The molecule has 9 heteroatoms. The first kappa shape index (κ1) is 11.1. The van der Waals surface area contributed by atoms with Crippen molar-refractivity contribution in [1.82, 2.24) is 19.5 Å². The molecule has 0 radical (unpaired) electrons. The molecule has 90 valence electrons. The molecule has 2 aromatic rings. The van der Waals surface area contributed by atoms with Gasteiger partial charge in [0.05, 0.1) is 12.9 Å². The van der Waals surface area contributed by atoms with Crippen LogP contribution in [0.5, 0.6) is 0 Å². The topological polar surface area (TPSA) is 153 Å². The number of imidazole rings is 1. The van der Waals surface area contributed by atoms with Crippen molar-refractivity contribution in [3.63, 3.8) is 0 Å². The predicted octanol–water partition coefficient (Wildman–Crippen LogP) is -2.45. The molecule has 0 aliphatic heterocycles. The summed E-state index contributed by atoms with van der Waals surface area (Å²) in [7, 11) is 0. The zero-order chi connectivity index (χ0) is 12.6. The van der Waals surface area contributed by atoms with Gasteiger partial charge in [-0.1, -0.05) is 0 Å². The second-order valence-corrected chi connectivity index (χ2v) is 3.44. The standard InChI is InChI=1S/C8H10N6O3/c9-5(16)3(15)1-14-2-11-6-4(14)7(17)13-8(10)12-6/h2-3,15H,1H2,(H2,9,16)(H3,10,12,13,17)/t3-/m1/s1. The second-order valence-electron chi connectivity index (χ2n) is 3.44. The minimum Gasteiger partial charge on any atom is -0.381 e. The molecule has 2 heterocycles. The van der Waals surface area contributed by atoms with E-state index in [1.165, 1.54) is 10.9 Å². The number of hydrogen-bond donors (Lipinski definition) is 4. The molecule has 6 N–H and O–H groups in total. The van der Waals surface area contributed by atoms with E-state index in [9.17, 15) is 14.7 Å². The van der Waals surface area contributed by atoms with Crippen molar-refractivity contribution < 1.29 is 9.90 Å². The number of primary amides is 1. The first-order chi connectivity index (χ1) is 7.99. The van der Waals surface area contributed by atoms with Crippen LogP contribution >= 0.6 is 0 Å². The lowest BCUT2D eigenvalue weighted by molar-refractivity contribution is -0.126. The van der Waals surface area contributed by atoms with Crippen LogP contribution in [0.2, 0.25) is 0 Å². The van der Waals surface area contributed by atoms with Gasteiger partial charge < -0.3 is 21.1 Å². The number of nitrogens with one attached hydrogen (secondary N) is 1. The largest absolute Gasteiger partial charge is 0.381 e. The number of aromatic amines is 1. The lowest BCUT2D eigenvalue weighted by atomic mass is 10.3. The predicted molar refractivity (Wildman–Crippen MR) is 57.8 cm³/mol. The Morgan fingerprint density at radius 1 is 1.65 bits per heavy atom. The number of rotatable bonds is 3. The zero-order valence-electron chi connectivity index (χ0n) is 8.62. The summed E-state index contributed by atoms with van der Waals surface area (Å²) in [6.07, 6.45) is -0.122. The van der Waals surface area contributed by atoms with Crippen molar-refractivity contribution in [3.05, 3.63) is 16.7 Å². The Hall–Kier alpha value is -2.42. The Kier molecular flexibility index (Phi) is 2.52. The molecule has 1 atom stereocenters. The molecule has 0 bridgehead atoms.